The molecule has 2 rings (SSSR count). The van der Waals surface area contributed by atoms with Crippen molar-refractivity contribution in [3.63, 3.8) is 0 Å². The highest BCUT2D eigenvalue weighted by molar-refractivity contribution is 5.49. The molecule has 0 radical (unpaired) electrons. The zero-order chi connectivity index (χ0) is 13.7. The first kappa shape index (κ1) is 12.9. The van der Waals surface area contributed by atoms with Gasteiger partial charge in [0, 0.05) is 17.9 Å². The summed E-state index contributed by atoms with van der Waals surface area (Å²) in [7, 11) is 0. The van der Waals surface area contributed by atoms with E-state index in [1.807, 2.05) is 30.3 Å². The Morgan fingerprint density at radius 2 is 1.89 bits per heavy atom. The van der Waals surface area contributed by atoms with Crippen LogP contribution >= 0.6 is 0 Å². The third kappa shape index (κ3) is 3.71. The van der Waals surface area contributed by atoms with Gasteiger partial charge in [-0.25, -0.2) is 4.39 Å². The first-order valence-electron chi connectivity index (χ1n) is 5.96. The summed E-state index contributed by atoms with van der Waals surface area (Å²) in [5.41, 5.74) is 8.43. The first-order valence-corrected chi connectivity index (χ1v) is 5.96. The van der Waals surface area contributed by atoms with Gasteiger partial charge in [-0.3, -0.25) is 0 Å². The van der Waals surface area contributed by atoms with E-state index in [2.05, 4.69) is 5.32 Å². The Bertz CT molecular complexity index is 600. The van der Waals surface area contributed by atoms with Gasteiger partial charge in [0.05, 0.1) is 11.6 Å². The highest BCUT2D eigenvalue weighted by Gasteiger charge is 2.00. The zero-order valence-corrected chi connectivity index (χ0v) is 10.4. The number of nitrogen functional groups attached to an aromatic ring is 1. The second kappa shape index (κ2) is 5.87. The number of rotatable bonds is 4. The molecule has 3 nitrogen and oxygen atoms in total. The van der Waals surface area contributed by atoms with E-state index in [0.717, 1.165) is 17.7 Å². The van der Waals surface area contributed by atoms with Crippen LogP contribution in [-0.2, 0) is 6.42 Å². The Hall–Kier alpha value is -2.54. The van der Waals surface area contributed by atoms with E-state index < -0.39 is 5.82 Å². The van der Waals surface area contributed by atoms with Crippen LogP contribution in [0, 0.1) is 17.1 Å². The van der Waals surface area contributed by atoms with Crippen molar-refractivity contribution in [2.75, 3.05) is 17.6 Å². The fourth-order valence-corrected chi connectivity index (χ4v) is 1.79. The molecule has 2 aromatic carbocycles. The van der Waals surface area contributed by atoms with Gasteiger partial charge in [-0.05, 0) is 42.3 Å². The van der Waals surface area contributed by atoms with Crippen molar-refractivity contribution in [3.8, 4) is 6.07 Å². The lowest BCUT2D eigenvalue weighted by molar-refractivity contribution is 0.627. The molecule has 96 valence electrons. The fraction of sp³-hybridized carbons (Fsp3) is 0.133. The lowest BCUT2D eigenvalue weighted by Gasteiger charge is -2.07. The largest absolute Gasteiger partial charge is 0.399 e. The van der Waals surface area contributed by atoms with Crippen LogP contribution in [0.5, 0.6) is 0 Å². The minimum absolute atomic E-state index is 0.315. The number of hydrogen-bond donors (Lipinski definition) is 2. The van der Waals surface area contributed by atoms with Crippen molar-refractivity contribution in [1.29, 1.82) is 5.26 Å². The molecule has 4 heteroatoms. The summed E-state index contributed by atoms with van der Waals surface area (Å²) in [6.45, 7) is 0.665. The second-order valence-corrected chi connectivity index (χ2v) is 4.26. The number of nitrogens with zero attached hydrogens (tertiary/aromatic N) is 1. The summed E-state index contributed by atoms with van der Waals surface area (Å²) in [5, 5.41) is 11.9. The molecular weight excluding hydrogens is 241 g/mol. The van der Waals surface area contributed by atoms with Gasteiger partial charge in [-0.15, -0.1) is 0 Å². The van der Waals surface area contributed by atoms with Crippen LogP contribution in [0.4, 0.5) is 15.8 Å². The van der Waals surface area contributed by atoms with E-state index in [0.29, 0.717) is 17.8 Å². The Labute approximate surface area is 111 Å². The Balaban J connectivity index is 1.94. The van der Waals surface area contributed by atoms with Crippen molar-refractivity contribution in [3.05, 3.63) is 59.4 Å². The molecule has 0 fully saturated rings. The van der Waals surface area contributed by atoms with Gasteiger partial charge in [-0.1, -0.05) is 12.1 Å². The van der Waals surface area contributed by atoms with Gasteiger partial charge in [-0.2, -0.15) is 5.26 Å². The molecule has 0 atom stereocenters. The average Bonchev–Trinajstić information content (AvgIpc) is 2.40. The van der Waals surface area contributed by atoms with Crippen molar-refractivity contribution < 1.29 is 4.39 Å². The van der Waals surface area contributed by atoms with E-state index in [4.69, 9.17) is 11.0 Å². The van der Waals surface area contributed by atoms with Crippen molar-refractivity contribution in [2.24, 2.45) is 0 Å². The number of hydrogen-bond acceptors (Lipinski definition) is 3. The predicted molar refractivity (Wildman–Crippen MR) is 74.2 cm³/mol. The molecule has 0 bridgehead atoms. The molecule has 0 aliphatic rings. The molecule has 0 saturated heterocycles. The van der Waals surface area contributed by atoms with Crippen LogP contribution in [0.3, 0.4) is 0 Å². The maximum atomic E-state index is 13.2. The summed E-state index contributed by atoms with van der Waals surface area (Å²) in [6.07, 6.45) is 0.804. The molecule has 0 aliphatic heterocycles. The summed E-state index contributed by atoms with van der Waals surface area (Å²) in [5.74, 6) is -0.408. The van der Waals surface area contributed by atoms with Gasteiger partial charge < -0.3 is 11.1 Å². The van der Waals surface area contributed by atoms with Crippen molar-refractivity contribution in [1.82, 2.24) is 0 Å². The number of halogens is 1. The lowest BCUT2D eigenvalue weighted by Crippen LogP contribution is -2.05. The molecule has 0 saturated carbocycles. The standard InChI is InChI=1S/C15H14FN3/c16-13-7-12(10-17)8-15(9-13)19-6-5-11-1-3-14(18)4-2-11/h1-4,7-9,19H,5-6,18H2. The number of anilines is 2. The molecule has 2 aromatic rings. The smallest absolute Gasteiger partial charge is 0.126 e. The molecule has 0 aromatic heterocycles. The molecular formula is C15H14FN3. The highest BCUT2D eigenvalue weighted by atomic mass is 19.1. The molecule has 19 heavy (non-hydrogen) atoms. The first-order chi connectivity index (χ1) is 9.17. The molecule has 0 aliphatic carbocycles. The van der Waals surface area contributed by atoms with Crippen molar-refractivity contribution in [2.45, 2.75) is 6.42 Å². The van der Waals surface area contributed by atoms with E-state index in [1.165, 1.54) is 12.1 Å². The Morgan fingerprint density at radius 1 is 1.16 bits per heavy atom. The summed E-state index contributed by atoms with van der Waals surface area (Å²) >= 11 is 0. The quantitative estimate of drug-likeness (QED) is 0.826. The monoisotopic (exact) mass is 255 g/mol. The van der Waals surface area contributed by atoms with Gasteiger partial charge in [0.25, 0.3) is 0 Å². The fourth-order valence-electron chi connectivity index (χ4n) is 1.79. The zero-order valence-electron chi connectivity index (χ0n) is 10.4. The molecule has 3 N–H and O–H groups in total. The second-order valence-electron chi connectivity index (χ2n) is 4.26. The van der Waals surface area contributed by atoms with Crippen LogP contribution in [0.15, 0.2) is 42.5 Å². The molecule has 0 unspecified atom stereocenters. The van der Waals surface area contributed by atoms with Crippen LogP contribution in [0.1, 0.15) is 11.1 Å². The molecule has 0 amide bonds. The lowest BCUT2D eigenvalue weighted by atomic mass is 10.1. The van der Waals surface area contributed by atoms with Crippen LogP contribution in [0.2, 0.25) is 0 Å². The Kier molecular flexibility index (Phi) is 3.99. The van der Waals surface area contributed by atoms with Crippen LogP contribution < -0.4 is 11.1 Å². The van der Waals surface area contributed by atoms with Gasteiger partial charge >= 0.3 is 0 Å². The minimum atomic E-state index is -0.408. The van der Waals surface area contributed by atoms with E-state index in [1.54, 1.807) is 6.07 Å². The summed E-state index contributed by atoms with van der Waals surface area (Å²) < 4.78 is 13.2. The van der Waals surface area contributed by atoms with Crippen molar-refractivity contribution >= 4 is 11.4 Å². The normalized spacial score (nSPS) is 9.89. The van der Waals surface area contributed by atoms with Crippen LogP contribution in [-0.4, -0.2) is 6.54 Å². The van der Waals surface area contributed by atoms with Crippen LogP contribution in [0.25, 0.3) is 0 Å². The average molecular weight is 255 g/mol. The number of nitrogens with one attached hydrogen (secondary N) is 1. The van der Waals surface area contributed by atoms with E-state index in [9.17, 15) is 4.39 Å². The van der Waals surface area contributed by atoms with E-state index in [-0.39, 0.29) is 0 Å². The van der Waals surface area contributed by atoms with Gasteiger partial charge in [0.2, 0.25) is 0 Å². The summed E-state index contributed by atoms with van der Waals surface area (Å²) in [6, 6.07) is 13.8. The number of nitrogens with two attached hydrogens (primary N) is 1. The highest BCUT2D eigenvalue weighted by Crippen LogP contribution is 2.13. The van der Waals surface area contributed by atoms with Gasteiger partial charge in [0.1, 0.15) is 5.82 Å². The summed E-state index contributed by atoms with van der Waals surface area (Å²) in [4.78, 5) is 0. The molecule has 0 spiro atoms. The molecule has 0 heterocycles. The number of nitriles is 1. The Morgan fingerprint density at radius 3 is 2.58 bits per heavy atom. The topological polar surface area (TPSA) is 61.8 Å². The SMILES string of the molecule is N#Cc1cc(F)cc(NCCc2ccc(N)cc2)c1. The third-order valence-electron chi connectivity index (χ3n) is 2.75. The maximum Gasteiger partial charge on any atom is 0.126 e. The van der Waals surface area contributed by atoms with E-state index >= 15 is 0 Å². The predicted octanol–water partition coefficient (Wildman–Crippen LogP) is 2.93. The minimum Gasteiger partial charge on any atom is -0.399 e. The number of benzene rings is 2. The third-order valence-corrected chi connectivity index (χ3v) is 2.75. The maximum absolute atomic E-state index is 13.2. The van der Waals surface area contributed by atoms with Gasteiger partial charge in [0.15, 0.2) is 0 Å².